The van der Waals surface area contributed by atoms with Gasteiger partial charge in [0.05, 0.1) is 0 Å². The summed E-state index contributed by atoms with van der Waals surface area (Å²) in [6.07, 6.45) is 0. The summed E-state index contributed by atoms with van der Waals surface area (Å²) in [4.78, 5) is 11.3. The van der Waals surface area contributed by atoms with Gasteiger partial charge >= 0.3 is 0 Å². The molecule has 0 heterocycles. The lowest BCUT2D eigenvalue weighted by Gasteiger charge is -2.01. The molecule has 5 aromatic rings. The molecule has 0 aromatic heterocycles. The number of benzene rings is 5. The first-order valence-electron chi connectivity index (χ1n) is 9.84. The third-order valence-corrected chi connectivity index (χ3v) is 5.58. The molecule has 0 saturated carbocycles. The molecule has 1 heteroatoms. The summed E-state index contributed by atoms with van der Waals surface area (Å²) >= 11 is 0. The van der Waals surface area contributed by atoms with E-state index in [-0.39, 0.29) is 5.78 Å². The summed E-state index contributed by atoms with van der Waals surface area (Å²) in [5, 5.41) is 4.91. The number of carbonyl (C=O) groups is 1. The van der Waals surface area contributed by atoms with Gasteiger partial charge in [-0.3, -0.25) is 4.79 Å². The number of hydrogen-bond donors (Lipinski definition) is 0. The third kappa shape index (κ3) is 2.92. The van der Waals surface area contributed by atoms with Crippen LogP contribution in [0.4, 0.5) is 0 Å². The molecule has 0 bridgehead atoms. The van der Waals surface area contributed by atoms with Gasteiger partial charge in [-0.05, 0) is 50.7 Å². The van der Waals surface area contributed by atoms with Crippen LogP contribution in [0.1, 0.15) is 17.3 Å². The van der Waals surface area contributed by atoms with Gasteiger partial charge in [-0.25, -0.2) is 0 Å². The average Bonchev–Trinajstić information content (AvgIpc) is 3.10. The van der Waals surface area contributed by atoms with Crippen LogP contribution < -0.4 is 0 Å². The first-order chi connectivity index (χ1) is 14.2. The van der Waals surface area contributed by atoms with Crippen molar-refractivity contribution >= 4 is 27.3 Å². The highest BCUT2D eigenvalue weighted by Crippen LogP contribution is 2.46. The van der Waals surface area contributed by atoms with Crippen LogP contribution in [0.2, 0.25) is 0 Å². The highest BCUT2D eigenvalue weighted by molar-refractivity contribution is 6.15. The fourth-order valence-corrected chi connectivity index (χ4v) is 4.28. The Kier molecular flexibility index (Phi) is 4.22. The van der Waals surface area contributed by atoms with Crippen molar-refractivity contribution in [1.29, 1.82) is 0 Å². The summed E-state index contributed by atoms with van der Waals surface area (Å²) in [5.74, 6) is 0.122. The molecule has 6 rings (SSSR count). The Morgan fingerprint density at radius 1 is 0.517 bits per heavy atom. The Morgan fingerprint density at radius 3 is 1.66 bits per heavy atom. The molecular formula is C28H20O. The maximum absolute atomic E-state index is 11.3. The van der Waals surface area contributed by atoms with Crippen molar-refractivity contribution in [2.75, 3.05) is 0 Å². The normalized spacial score (nSPS) is 11.1. The zero-order valence-corrected chi connectivity index (χ0v) is 16.2. The van der Waals surface area contributed by atoms with Gasteiger partial charge in [0.25, 0.3) is 0 Å². The Morgan fingerprint density at radius 2 is 1.00 bits per heavy atom. The van der Waals surface area contributed by atoms with Crippen molar-refractivity contribution in [2.24, 2.45) is 0 Å². The minimum absolute atomic E-state index is 0.122. The second kappa shape index (κ2) is 7.03. The molecule has 0 amide bonds. The zero-order chi connectivity index (χ0) is 19.8. The lowest BCUT2D eigenvalue weighted by atomic mass is 10.0. The molecule has 0 spiro atoms. The standard InChI is InChI=1S/C16H10.C12H10O/c1-2-8-13-12(7-1)14-9-3-5-11-6-4-10-15(13)16(11)14;1-9(13)11-8-4-6-10-5-2-3-7-12(10)11/h1-10H;2-8H,1H3. The molecule has 0 fully saturated rings. The van der Waals surface area contributed by atoms with E-state index in [9.17, 15) is 4.79 Å². The second-order valence-corrected chi connectivity index (χ2v) is 7.34. The first-order valence-corrected chi connectivity index (χ1v) is 9.84. The van der Waals surface area contributed by atoms with E-state index in [1.54, 1.807) is 6.92 Å². The molecule has 0 N–H and O–H groups in total. The highest BCUT2D eigenvalue weighted by atomic mass is 16.1. The summed E-state index contributed by atoms with van der Waals surface area (Å²) in [6, 6.07) is 35.5. The van der Waals surface area contributed by atoms with E-state index in [2.05, 4.69) is 60.7 Å². The minimum Gasteiger partial charge on any atom is -0.294 e. The topological polar surface area (TPSA) is 17.1 Å². The van der Waals surface area contributed by atoms with E-state index >= 15 is 0 Å². The van der Waals surface area contributed by atoms with E-state index in [0.29, 0.717) is 0 Å². The van der Waals surface area contributed by atoms with Gasteiger partial charge in [0.1, 0.15) is 0 Å². The number of Topliss-reactive ketones (excluding diaryl/α,β-unsaturated/α-hetero) is 1. The fourth-order valence-electron chi connectivity index (χ4n) is 4.28. The van der Waals surface area contributed by atoms with Crippen LogP contribution in [0.15, 0.2) is 103 Å². The lowest BCUT2D eigenvalue weighted by Crippen LogP contribution is -1.92. The lowest BCUT2D eigenvalue weighted by molar-refractivity contribution is 0.101. The quantitative estimate of drug-likeness (QED) is 0.273. The number of rotatable bonds is 1. The van der Waals surface area contributed by atoms with Crippen LogP contribution >= 0.6 is 0 Å². The van der Waals surface area contributed by atoms with E-state index in [0.717, 1.165) is 16.3 Å². The SMILES string of the molecule is CC(=O)c1cccc2ccccc12.c1ccc2c(c1)-c1cccc3cccc-2c13. The number of hydrogen-bond acceptors (Lipinski definition) is 1. The molecule has 1 aliphatic carbocycles. The predicted molar refractivity (Wildman–Crippen MR) is 122 cm³/mol. The van der Waals surface area contributed by atoms with E-state index in [4.69, 9.17) is 0 Å². The molecule has 0 aliphatic heterocycles. The van der Waals surface area contributed by atoms with Crippen molar-refractivity contribution in [3.63, 3.8) is 0 Å². The van der Waals surface area contributed by atoms with Crippen LogP contribution in [0, 0.1) is 0 Å². The molecule has 1 nitrogen and oxygen atoms in total. The van der Waals surface area contributed by atoms with E-state index in [1.165, 1.54) is 33.0 Å². The molecule has 0 radical (unpaired) electrons. The summed E-state index contributed by atoms with van der Waals surface area (Å²) in [5.41, 5.74) is 6.30. The zero-order valence-electron chi connectivity index (χ0n) is 16.2. The van der Waals surface area contributed by atoms with Crippen molar-refractivity contribution < 1.29 is 4.79 Å². The van der Waals surface area contributed by atoms with Crippen molar-refractivity contribution in [2.45, 2.75) is 6.92 Å². The third-order valence-electron chi connectivity index (χ3n) is 5.58. The maximum atomic E-state index is 11.3. The molecule has 1 aliphatic rings. The molecule has 0 saturated heterocycles. The van der Waals surface area contributed by atoms with Gasteiger partial charge in [0.2, 0.25) is 0 Å². The Bertz CT molecular complexity index is 1310. The summed E-state index contributed by atoms with van der Waals surface area (Å²) in [7, 11) is 0. The van der Waals surface area contributed by atoms with Crippen LogP contribution in [-0.4, -0.2) is 5.78 Å². The monoisotopic (exact) mass is 372 g/mol. The second-order valence-electron chi connectivity index (χ2n) is 7.34. The Labute approximate surface area is 170 Å². The predicted octanol–water partition coefficient (Wildman–Crippen LogP) is 7.53. The molecule has 5 aromatic carbocycles. The van der Waals surface area contributed by atoms with Crippen LogP contribution in [0.5, 0.6) is 0 Å². The Balaban J connectivity index is 0.000000129. The molecule has 29 heavy (non-hydrogen) atoms. The van der Waals surface area contributed by atoms with Crippen LogP contribution in [0.3, 0.4) is 0 Å². The van der Waals surface area contributed by atoms with E-state index < -0.39 is 0 Å². The van der Waals surface area contributed by atoms with Gasteiger partial charge in [0.15, 0.2) is 5.78 Å². The van der Waals surface area contributed by atoms with Gasteiger partial charge in [-0.1, -0.05) is 103 Å². The van der Waals surface area contributed by atoms with Crippen molar-refractivity contribution in [3.05, 3.63) is 109 Å². The van der Waals surface area contributed by atoms with Gasteiger partial charge in [0, 0.05) is 5.56 Å². The molecule has 0 atom stereocenters. The number of carbonyl (C=O) groups excluding carboxylic acids is 1. The number of ketones is 1. The van der Waals surface area contributed by atoms with Gasteiger partial charge in [-0.15, -0.1) is 0 Å². The van der Waals surface area contributed by atoms with Crippen molar-refractivity contribution in [1.82, 2.24) is 0 Å². The fraction of sp³-hybridized carbons (Fsp3) is 0.0357. The first kappa shape index (κ1) is 17.4. The van der Waals surface area contributed by atoms with Crippen LogP contribution in [-0.2, 0) is 0 Å². The molecule has 0 unspecified atom stereocenters. The largest absolute Gasteiger partial charge is 0.294 e. The molecular weight excluding hydrogens is 352 g/mol. The average molecular weight is 372 g/mol. The molecule has 138 valence electrons. The van der Waals surface area contributed by atoms with Crippen LogP contribution in [0.25, 0.3) is 43.8 Å². The number of fused-ring (bicyclic) bond motifs is 4. The highest BCUT2D eigenvalue weighted by Gasteiger charge is 2.19. The van der Waals surface area contributed by atoms with Gasteiger partial charge < -0.3 is 0 Å². The van der Waals surface area contributed by atoms with E-state index in [1.807, 2.05) is 42.5 Å². The smallest absolute Gasteiger partial charge is 0.160 e. The minimum atomic E-state index is 0.122. The summed E-state index contributed by atoms with van der Waals surface area (Å²) in [6.45, 7) is 1.60. The van der Waals surface area contributed by atoms with Gasteiger partial charge in [-0.2, -0.15) is 0 Å². The Hall–Kier alpha value is -3.71. The summed E-state index contributed by atoms with van der Waals surface area (Å²) < 4.78 is 0. The maximum Gasteiger partial charge on any atom is 0.160 e. The van der Waals surface area contributed by atoms with Crippen molar-refractivity contribution in [3.8, 4) is 22.3 Å².